The van der Waals surface area contributed by atoms with Crippen molar-refractivity contribution in [2.45, 2.75) is 32.7 Å². The number of para-hydroxylation sites is 2. The molecular weight excluding hydrogens is 547 g/mol. The quantitative estimate of drug-likeness (QED) is 0.252. The zero-order chi connectivity index (χ0) is 25.8. The third kappa shape index (κ3) is 5.29. The summed E-state index contributed by atoms with van der Waals surface area (Å²) in [6.07, 6.45) is 1.63. The van der Waals surface area contributed by atoms with Crippen LogP contribution in [0, 0.1) is 5.82 Å². The van der Waals surface area contributed by atoms with Gasteiger partial charge in [0.05, 0.1) is 33.3 Å². The van der Waals surface area contributed by atoms with E-state index in [-0.39, 0.29) is 16.6 Å². The van der Waals surface area contributed by atoms with Crippen LogP contribution in [0.25, 0.3) is 16.6 Å². The number of fused-ring (bicyclic) bond motifs is 1. The summed E-state index contributed by atoms with van der Waals surface area (Å²) in [5.41, 5.74) is 1.18. The van der Waals surface area contributed by atoms with Crippen molar-refractivity contribution in [2.24, 2.45) is 0 Å². The molecule has 4 aromatic rings. The number of carbonyl (C=O) groups is 1. The van der Waals surface area contributed by atoms with E-state index in [1.54, 1.807) is 35.2 Å². The highest BCUT2D eigenvalue weighted by Crippen LogP contribution is 2.27. The van der Waals surface area contributed by atoms with E-state index in [1.165, 1.54) is 22.8 Å². The first-order chi connectivity index (χ1) is 17.3. The van der Waals surface area contributed by atoms with E-state index in [0.29, 0.717) is 34.6 Å². The number of nitrogens with one attached hydrogen (secondary N) is 1. The average Bonchev–Trinajstić information content (AvgIpc) is 2.87. The first-order valence-electron chi connectivity index (χ1n) is 11.6. The molecule has 6 nitrogen and oxygen atoms in total. The molecule has 0 aliphatic carbocycles. The Kier molecular flexibility index (Phi) is 8.06. The Labute approximate surface area is 221 Å². The number of rotatable bonds is 7. The van der Waals surface area contributed by atoms with Crippen LogP contribution in [-0.4, -0.2) is 27.0 Å². The van der Waals surface area contributed by atoms with Crippen LogP contribution in [0.3, 0.4) is 0 Å². The van der Waals surface area contributed by atoms with Crippen molar-refractivity contribution in [3.63, 3.8) is 0 Å². The lowest BCUT2D eigenvalue weighted by Gasteiger charge is -2.31. The van der Waals surface area contributed by atoms with Gasteiger partial charge in [0.15, 0.2) is 0 Å². The summed E-state index contributed by atoms with van der Waals surface area (Å²) in [4.78, 5) is 33.6. The summed E-state index contributed by atoms with van der Waals surface area (Å²) < 4.78 is 16.1. The summed E-state index contributed by atoms with van der Waals surface area (Å²) in [6.45, 7) is 4.31. The Balaban J connectivity index is 1.85. The number of hydrogen-bond acceptors (Lipinski definition) is 3. The number of urea groups is 1. The second-order valence-electron chi connectivity index (χ2n) is 8.36. The van der Waals surface area contributed by atoms with Crippen molar-refractivity contribution < 1.29 is 9.18 Å². The van der Waals surface area contributed by atoms with Crippen LogP contribution in [0.4, 0.5) is 14.9 Å². The summed E-state index contributed by atoms with van der Waals surface area (Å²) in [7, 11) is 0. The zero-order valence-electron chi connectivity index (χ0n) is 19.8. The molecule has 0 bridgehead atoms. The fraction of sp³-hybridized carbons (Fsp3) is 0.222. The van der Waals surface area contributed by atoms with Gasteiger partial charge in [-0.25, -0.2) is 14.2 Å². The van der Waals surface area contributed by atoms with Crippen LogP contribution >= 0.6 is 27.5 Å². The minimum absolute atomic E-state index is 0.110. The van der Waals surface area contributed by atoms with Crippen LogP contribution in [0.1, 0.15) is 38.6 Å². The molecule has 4 rings (SSSR count). The van der Waals surface area contributed by atoms with Crippen LogP contribution in [-0.2, 0) is 0 Å². The molecule has 1 heterocycles. The average molecular weight is 572 g/mol. The van der Waals surface area contributed by atoms with E-state index < -0.39 is 11.9 Å². The Bertz CT molecular complexity index is 1480. The smallest absolute Gasteiger partial charge is 0.315 e. The molecule has 3 aromatic carbocycles. The standard InChI is InChI=1S/C27H25BrClFN4O2/c1-3-4-15-33(27(36)32-24-12-8-6-10-20(24)28)17(2)25-31-23-11-7-5-9-19(23)26(35)34(25)18-13-14-22(30)21(29)16-18/h5-14,16-17H,3-4,15H2,1-2H3,(H,32,36). The Morgan fingerprint density at radius 2 is 1.89 bits per heavy atom. The van der Waals surface area contributed by atoms with Crippen LogP contribution in [0.15, 0.2) is 76.0 Å². The predicted molar refractivity (Wildman–Crippen MR) is 145 cm³/mol. The molecule has 2 amide bonds. The molecule has 186 valence electrons. The molecule has 0 spiro atoms. The SMILES string of the molecule is CCCCN(C(=O)Nc1ccccc1Br)C(C)c1nc2ccccc2c(=O)n1-c1ccc(F)c(Cl)c1. The lowest BCUT2D eigenvalue weighted by molar-refractivity contribution is 0.188. The number of carbonyl (C=O) groups excluding carboxylic acids is 1. The minimum Gasteiger partial charge on any atom is -0.315 e. The summed E-state index contributed by atoms with van der Waals surface area (Å²) in [5.74, 6) is -0.242. The first kappa shape index (κ1) is 25.9. The number of benzene rings is 3. The number of nitrogens with zero attached hydrogens (tertiary/aromatic N) is 3. The largest absolute Gasteiger partial charge is 0.322 e. The molecule has 0 aliphatic rings. The molecule has 1 unspecified atom stereocenters. The van der Waals surface area contributed by atoms with Gasteiger partial charge in [0.2, 0.25) is 0 Å². The van der Waals surface area contributed by atoms with E-state index in [1.807, 2.05) is 32.0 Å². The van der Waals surface area contributed by atoms with E-state index in [0.717, 1.165) is 17.3 Å². The highest BCUT2D eigenvalue weighted by Gasteiger charge is 2.27. The summed E-state index contributed by atoms with van der Waals surface area (Å²) >= 11 is 9.53. The minimum atomic E-state index is -0.597. The third-order valence-corrected chi connectivity index (χ3v) is 6.91. The van der Waals surface area contributed by atoms with Gasteiger partial charge in [0.25, 0.3) is 5.56 Å². The van der Waals surface area contributed by atoms with Gasteiger partial charge in [-0.05, 0) is 71.7 Å². The second kappa shape index (κ2) is 11.2. The van der Waals surface area contributed by atoms with Gasteiger partial charge in [-0.2, -0.15) is 0 Å². The van der Waals surface area contributed by atoms with Crippen LogP contribution in [0.2, 0.25) is 5.02 Å². The van der Waals surface area contributed by atoms with E-state index in [4.69, 9.17) is 16.6 Å². The van der Waals surface area contributed by atoms with E-state index in [2.05, 4.69) is 21.2 Å². The van der Waals surface area contributed by atoms with Crippen LogP contribution < -0.4 is 10.9 Å². The number of anilines is 1. The van der Waals surface area contributed by atoms with E-state index in [9.17, 15) is 14.0 Å². The van der Waals surface area contributed by atoms with Crippen molar-refractivity contribution in [1.82, 2.24) is 14.5 Å². The molecule has 36 heavy (non-hydrogen) atoms. The molecular formula is C27H25BrClFN4O2. The zero-order valence-corrected chi connectivity index (χ0v) is 22.2. The molecule has 0 aliphatic heterocycles. The van der Waals surface area contributed by atoms with Gasteiger partial charge in [-0.1, -0.05) is 49.2 Å². The maximum Gasteiger partial charge on any atom is 0.322 e. The number of aromatic nitrogens is 2. The van der Waals surface area contributed by atoms with Gasteiger partial charge in [0, 0.05) is 11.0 Å². The normalized spacial score (nSPS) is 11.9. The lowest BCUT2D eigenvalue weighted by atomic mass is 10.1. The van der Waals surface area contributed by atoms with Gasteiger partial charge in [-0.15, -0.1) is 0 Å². The summed E-state index contributed by atoms with van der Waals surface area (Å²) in [6, 6.07) is 17.5. The number of hydrogen-bond donors (Lipinski definition) is 1. The Morgan fingerprint density at radius 3 is 2.61 bits per heavy atom. The molecule has 1 aromatic heterocycles. The number of amides is 2. The Hall–Kier alpha value is -3.23. The maximum absolute atomic E-state index is 13.9. The maximum atomic E-state index is 13.9. The second-order valence-corrected chi connectivity index (χ2v) is 9.62. The topological polar surface area (TPSA) is 67.2 Å². The third-order valence-electron chi connectivity index (χ3n) is 5.93. The van der Waals surface area contributed by atoms with Crippen molar-refractivity contribution in [3.05, 3.63) is 98.2 Å². The number of halogens is 3. The number of unbranched alkanes of at least 4 members (excludes halogenated alkanes) is 1. The molecule has 1 N–H and O–H groups in total. The van der Waals surface area contributed by atoms with Gasteiger partial charge in [0.1, 0.15) is 11.6 Å². The van der Waals surface area contributed by atoms with Crippen molar-refractivity contribution in [2.75, 3.05) is 11.9 Å². The molecule has 9 heteroatoms. The lowest BCUT2D eigenvalue weighted by Crippen LogP contribution is -2.40. The van der Waals surface area contributed by atoms with Gasteiger partial charge >= 0.3 is 6.03 Å². The summed E-state index contributed by atoms with van der Waals surface area (Å²) in [5, 5.41) is 3.25. The predicted octanol–water partition coefficient (Wildman–Crippen LogP) is 7.34. The van der Waals surface area contributed by atoms with Crippen molar-refractivity contribution in [1.29, 1.82) is 0 Å². The first-order valence-corrected chi connectivity index (χ1v) is 12.8. The van der Waals surface area contributed by atoms with Gasteiger partial charge in [-0.3, -0.25) is 9.36 Å². The highest BCUT2D eigenvalue weighted by atomic mass is 79.9. The Morgan fingerprint density at radius 1 is 1.17 bits per heavy atom. The molecule has 0 saturated carbocycles. The highest BCUT2D eigenvalue weighted by molar-refractivity contribution is 9.10. The molecule has 0 saturated heterocycles. The molecule has 0 radical (unpaired) electrons. The van der Waals surface area contributed by atoms with Crippen LogP contribution in [0.5, 0.6) is 0 Å². The van der Waals surface area contributed by atoms with Crippen molar-refractivity contribution in [3.8, 4) is 5.69 Å². The van der Waals surface area contributed by atoms with Crippen molar-refractivity contribution >= 4 is 50.2 Å². The monoisotopic (exact) mass is 570 g/mol. The molecule has 1 atom stereocenters. The van der Waals surface area contributed by atoms with E-state index >= 15 is 0 Å². The molecule has 0 fully saturated rings. The fourth-order valence-corrected chi connectivity index (χ4v) is 4.55. The van der Waals surface area contributed by atoms with Gasteiger partial charge < -0.3 is 10.2 Å². The fourth-order valence-electron chi connectivity index (χ4n) is 3.99.